The molecule has 0 amide bonds. The van der Waals surface area contributed by atoms with Crippen molar-refractivity contribution in [3.8, 4) is 0 Å². The normalized spacial score (nSPS) is 18.2. The summed E-state index contributed by atoms with van der Waals surface area (Å²) in [4.78, 5) is 13.9. The zero-order chi connectivity index (χ0) is 15.5. The quantitative estimate of drug-likeness (QED) is 0.829. The molecule has 0 saturated carbocycles. The van der Waals surface area contributed by atoms with Gasteiger partial charge in [-0.1, -0.05) is 30.9 Å². The Kier molecular flexibility index (Phi) is 5.03. The van der Waals surface area contributed by atoms with E-state index in [1.165, 1.54) is 18.4 Å². The van der Waals surface area contributed by atoms with Crippen LogP contribution in [0, 0.1) is 0 Å². The van der Waals surface area contributed by atoms with Crippen molar-refractivity contribution < 1.29 is 0 Å². The topological polar surface area (TPSA) is 58.3 Å². The van der Waals surface area contributed by atoms with Gasteiger partial charge in [-0.05, 0) is 31.4 Å². The first kappa shape index (κ1) is 15.8. The lowest BCUT2D eigenvalue weighted by atomic mass is 9.96. The maximum Gasteiger partial charge on any atom is 0.227 e. The van der Waals surface area contributed by atoms with E-state index in [1.807, 2.05) is 0 Å². The van der Waals surface area contributed by atoms with Gasteiger partial charge in [0.1, 0.15) is 10.1 Å². The Morgan fingerprint density at radius 2 is 1.91 bits per heavy atom. The van der Waals surface area contributed by atoms with Crippen LogP contribution in [-0.2, 0) is 12.8 Å². The minimum atomic E-state index is 0.680. The van der Waals surface area contributed by atoms with Crippen LogP contribution < -0.4 is 10.6 Å². The molecule has 2 heterocycles. The number of nitrogens with zero attached hydrogens (tertiary/aromatic N) is 4. The standard InChI is InChI=1S/C15H23N5S2/c1-2-22-15(21)20-9-7-19(8-10-20)14-17-12-6-4-3-5-11(12)13(16)18-14/h2-10H2,1H3,(H2,16,17,18). The molecule has 2 N–H and O–H groups in total. The van der Waals surface area contributed by atoms with Crippen LogP contribution in [0.2, 0.25) is 0 Å². The van der Waals surface area contributed by atoms with Crippen molar-refractivity contribution in [2.45, 2.75) is 32.6 Å². The predicted molar refractivity (Wildman–Crippen MR) is 97.6 cm³/mol. The molecule has 1 aromatic rings. The van der Waals surface area contributed by atoms with Crippen LogP contribution in [0.1, 0.15) is 31.0 Å². The molecule has 1 fully saturated rings. The third-order valence-corrected chi connectivity index (χ3v) is 5.70. The second-order valence-electron chi connectivity index (χ2n) is 5.71. The number of fused-ring (bicyclic) bond motifs is 1. The Labute approximate surface area is 141 Å². The van der Waals surface area contributed by atoms with Crippen LogP contribution in [0.3, 0.4) is 0 Å². The summed E-state index contributed by atoms with van der Waals surface area (Å²) in [6.45, 7) is 5.82. The molecule has 22 heavy (non-hydrogen) atoms. The van der Waals surface area contributed by atoms with Crippen LogP contribution in [-0.4, -0.2) is 51.1 Å². The Morgan fingerprint density at radius 1 is 1.18 bits per heavy atom. The molecule has 1 aliphatic heterocycles. The van der Waals surface area contributed by atoms with Gasteiger partial charge in [-0.2, -0.15) is 4.98 Å². The lowest BCUT2D eigenvalue weighted by Crippen LogP contribution is -2.48. The van der Waals surface area contributed by atoms with E-state index in [0.29, 0.717) is 5.82 Å². The summed E-state index contributed by atoms with van der Waals surface area (Å²) in [5.74, 6) is 2.51. The fourth-order valence-corrected chi connectivity index (χ4v) is 4.20. The number of piperazine rings is 1. The third kappa shape index (κ3) is 3.30. The van der Waals surface area contributed by atoms with Gasteiger partial charge in [0.2, 0.25) is 5.95 Å². The summed E-state index contributed by atoms with van der Waals surface area (Å²) in [6.07, 6.45) is 4.47. The van der Waals surface area contributed by atoms with Crippen molar-refractivity contribution in [1.29, 1.82) is 0 Å². The average molecular weight is 338 g/mol. The second kappa shape index (κ2) is 7.00. The molecular weight excluding hydrogens is 314 g/mol. The van der Waals surface area contributed by atoms with Gasteiger partial charge >= 0.3 is 0 Å². The van der Waals surface area contributed by atoms with Crippen LogP contribution in [0.5, 0.6) is 0 Å². The molecule has 1 saturated heterocycles. The minimum Gasteiger partial charge on any atom is -0.383 e. The Morgan fingerprint density at radius 3 is 2.64 bits per heavy atom. The van der Waals surface area contributed by atoms with E-state index in [2.05, 4.69) is 21.7 Å². The molecule has 120 valence electrons. The van der Waals surface area contributed by atoms with Gasteiger partial charge in [0.15, 0.2) is 0 Å². The largest absolute Gasteiger partial charge is 0.383 e. The first-order valence-corrected chi connectivity index (χ1v) is 9.40. The lowest BCUT2D eigenvalue weighted by molar-refractivity contribution is 0.394. The van der Waals surface area contributed by atoms with E-state index < -0.39 is 0 Å². The Bertz CT molecular complexity index is 555. The van der Waals surface area contributed by atoms with E-state index in [1.54, 1.807) is 11.8 Å². The number of thioether (sulfide) groups is 1. The number of thiocarbonyl (C=S) groups is 1. The van der Waals surface area contributed by atoms with Crippen LogP contribution in [0.15, 0.2) is 0 Å². The molecule has 3 rings (SSSR count). The average Bonchev–Trinajstić information content (AvgIpc) is 2.55. The van der Waals surface area contributed by atoms with Gasteiger partial charge in [-0.15, -0.1) is 0 Å². The number of nitrogen functional groups attached to an aromatic ring is 1. The maximum absolute atomic E-state index is 6.15. The summed E-state index contributed by atoms with van der Waals surface area (Å²) in [6, 6.07) is 0. The zero-order valence-corrected chi connectivity index (χ0v) is 14.7. The van der Waals surface area contributed by atoms with E-state index in [9.17, 15) is 0 Å². The molecule has 1 aliphatic carbocycles. The highest BCUT2D eigenvalue weighted by Gasteiger charge is 2.23. The van der Waals surface area contributed by atoms with E-state index in [0.717, 1.165) is 60.7 Å². The van der Waals surface area contributed by atoms with Crippen molar-refractivity contribution in [3.63, 3.8) is 0 Å². The van der Waals surface area contributed by atoms with Crippen LogP contribution in [0.4, 0.5) is 11.8 Å². The van der Waals surface area contributed by atoms with Gasteiger partial charge < -0.3 is 15.5 Å². The number of hydrogen-bond acceptors (Lipinski definition) is 6. The molecular formula is C15H23N5S2. The number of rotatable bonds is 2. The second-order valence-corrected chi connectivity index (χ2v) is 7.61. The lowest BCUT2D eigenvalue weighted by Gasteiger charge is -2.36. The number of hydrogen-bond donors (Lipinski definition) is 1. The van der Waals surface area contributed by atoms with Crippen molar-refractivity contribution in [2.24, 2.45) is 0 Å². The highest BCUT2D eigenvalue weighted by Crippen LogP contribution is 2.26. The molecule has 0 radical (unpaired) electrons. The van der Waals surface area contributed by atoms with Crippen molar-refractivity contribution >= 4 is 40.1 Å². The molecule has 0 bridgehead atoms. The number of nitrogens with two attached hydrogens (primary N) is 1. The fourth-order valence-electron chi connectivity index (χ4n) is 3.05. The van der Waals surface area contributed by atoms with Crippen LogP contribution in [0.25, 0.3) is 0 Å². The number of aryl methyl sites for hydroxylation is 1. The van der Waals surface area contributed by atoms with Crippen LogP contribution >= 0.6 is 24.0 Å². The number of aromatic nitrogens is 2. The van der Waals surface area contributed by atoms with Crippen molar-refractivity contribution in [2.75, 3.05) is 42.6 Å². The fraction of sp³-hybridized carbons (Fsp3) is 0.667. The first-order chi connectivity index (χ1) is 10.7. The molecule has 0 unspecified atom stereocenters. The van der Waals surface area contributed by atoms with E-state index >= 15 is 0 Å². The third-order valence-electron chi connectivity index (χ3n) is 4.29. The summed E-state index contributed by atoms with van der Waals surface area (Å²) < 4.78 is 1.01. The molecule has 5 nitrogen and oxygen atoms in total. The Balaban J connectivity index is 1.69. The van der Waals surface area contributed by atoms with Crippen molar-refractivity contribution in [1.82, 2.24) is 14.9 Å². The SMILES string of the molecule is CCSC(=S)N1CCN(c2nc(N)c3c(n2)CCCC3)CC1. The zero-order valence-electron chi connectivity index (χ0n) is 13.0. The molecule has 0 atom stereocenters. The van der Waals surface area contributed by atoms with Crippen molar-refractivity contribution in [3.05, 3.63) is 11.3 Å². The summed E-state index contributed by atoms with van der Waals surface area (Å²) >= 11 is 7.19. The van der Waals surface area contributed by atoms with Gasteiger partial charge in [0.25, 0.3) is 0 Å². The summed E-state index contributed by atoms with van der Waals surface area (Å²) in [7, 11) is 0. The van der Waals surface area contributed by atoms with Gasteiger partial charge in [-0.3, -0.25) is 0 Å². The predicted octanol–water partition coefficient (Wildman–Crippen LogP) is 2.10. The molecule has 7 heteroatoms. The van der Waals surface area contributed by atoms with E-state index in [-0.39, 0.29) is 0 Å². The molecule has 0 spiro atoms. The monoisotopic (exact) mass is 337 g/mol. The summed E-state index contributed by atoms with van der Waals surface area (Å²) in [5, 5.41) is 0. The van der Waals surface area contributed by atoms with Gasteiger partial charge in [-0.25, -0.2) is 4.98 Å². The molecule has 0 aromatic carbocycles. The molecule has 1 aromatic heterocycles. The number of anilines is 2. The van der Waals surface area contributed by atoms with Gasteiger partial charge in [0, 0.05) is 31.7 Å². The molecule has 2 aliphatic rings. The highest BCUT2D eigenvalue weighted by atomic mass is 32.2. The summed E-state index contributed by atoms with van der Waals surface area (Å²) in [5.41, 5.74) is 8.49. The minimum absolute atomic E-state index is 0.680. The highest BCUT2D eigenvalue weighted by molar-refractivity contribution is 8.22. The van der Waals surface area contributed by atoms with E-state index in [4.69, 9.17) is 22.9 Å². The van der Waals surface area contributed by atoms with Gasteiger partial charge in [0.05, 0.1) is 5.69 Å². The smallest absolute Gasteiger partial charge is 0.227 e. The Hall–Kier alpha value is -1.08. The first-order valence-electron chi connectivity index (χ1n) is 8.01. The maximum atomic E-state index is 6.15.